The van der Waals surface area contributed by atoms with E-state index in [4.69, 9.17) is 0 Å². The van der Waals surface area contributed by atoms with Gasteiger partial charge < -0.3 is 9.88 Å². The van der Waals surface area contributed by atoms with Crippen molar-refractivity contribution >= 4 is 16.8 Å². The number of aromatic nitrogens is 1. The molecule has 0 spiro atoms. The standard InChI is InChI=1S/C20H20N2O/c23-20-12-17(15-6-2-1-3-7-15)14-22(20)11-10-16-13-21-19-9-5-4-8-18(16)19/h1-9,13,17,21H,10-12,14H2. The lowest BCUT2D eigenvalue weighted by Gasteiger charge is -2.16. The maximum absolute atomic E-state index is 12.3. The monoisotopic (exact) mass is 304 g/mol. The Balaban J connectivity index is 1.44. The third kappa shape index (κ3) is 2.74. The highest BCUT2D eigenvalue weighted by molar-refractivity contribution is 5.83. The van der Waals surface area contributed by atoms with Crippen molar-refractivity contribution in [3.63, 3.8) is 0 Å². The van der Waals surface area contributed by atoms with Crippen LogP contribution in [0, 0.1) is 0 Å². The number of fused-ring (bicyclic) bond motifs is 1. The molecule has 1 aromatic heterocycles. The summed E-state index contributed by atoms with van der Waals surface area (Å²) in [5.74, 6) is 0.616. The largest absolute Gasteiger partial charge is 0.361 e. The van der Waals surface area contributed by atoms with Gasteiger partial charge in [-0.1, -0.05) is 48.5 Å². The molecule has 1 atom stereocenters. The fourth-order valence-corrected chi connectivity index (χ4v) is 3.53. The average molecular weight is 304 g/mol. The maximum Gasteiger partial charge on any atom is 0.223 e. The van der Waals surface area contributed by atoms with Gasteiger partial charge in [0.05, 0.1) is 0 Å². The van der Waals surface area contributed by atoms with Crippen molar-refractivity contribution in [2.24, 2.45) is 0 Å². The summed E-state index contributed by atoms with van der Waals surface area (Å²) in [5.41, 5.74) is 3.73. The molecule has 1 unspecified atom stereocenters. The summed E-state index contributed by atoms with van der Waals surface area (Å²) in [4.78, 5) is 17.6. The van der Waals surface area contributed by atoms with E-state index >= 15 is 0 Å². The highest BCUT2D eigenvalue weighted by atomic mass is 16.2. The number of benzene rings is 2. The van der Waals surface area contributed by atoms with Crippen molar-refractivity contribution in [2.45, 2.75) is 18.8 Å². The van der Waals surface area contributed by atoms with Crippen LogP contribution in [0.2, 0.25) is 0 Å². The smallest absolute Gasteiger partial charge is 0.223 e. The molecule has 4 rings (SSSR count). The van der Waals surface area contributed by atoms with E-state index in [1.807, 2.05) is 17.0 Å². The molecule has 23 heavy (non-hydrogen) atoms. The van der Waals surface area contributed by atoms with Gasteiger partial charge in [0.1, 0.15) is 0 Å². The SMILES string of the molecule is O=C1CC(c2ccccc2)CN1CCc1c[nH]c2ccccc12. The number of para-hydroxylation sites is 1. The van der Waals surface area contributed by atoms with Crippen molar-refractivity contribution < 1.29 is 4.79 Å². The van der Waals surface area contributed by atoms with Crippen molar-refractivity contribution in [1.82, 2.24) is 9.88 Å². The van der Waals surface area contributed by atoms with E-state index in [2.05, 4.69) is 53.6 Å². The average Bonchev–Trinajstić information content (AvgIpc) is 3.17. The van der Waals surface area contributed by atoms with E-state index in [1.54, 1.807) is 0 Å². The molecule has 1 fully saturated rings. The van der Waals surface area contributed by atoms with Crippen LogP contribution in [0.1, 0.15) is 23.5 Å². The summed E-state index contributed by atoms with van der Waals surface area (Å²) in [6.45, 7) is 1.63. The molecular formula is C20H20N2O. The van der Waals surface area contributed by atoms with Gasteiger partial charge in [-0.25, -0.2) is 0 Å². The number of carbonyl (C=O) groups is 1. The zero-order chi connectivity index (χ0) is 15.6. The Morgan fingerprint density at radius 3 is 2.70 bits per heavy atom. The normalized spacial score (nSPS) is 18.0. The second-order valence-electron chi connectivity index (χ2n) is 6.26. The van der Waals surface area contributed by atoms with Gasteiger partial charge in [0.25, 0.3) is 0 Å². The number of aromatic amines is 1. The zero-order valence-electron chi connectivity index (χ0n) is 13.0. The fourth-order valence-electron chi connectivity index (χ4n) is 3.53. The minimum Gasteiger partial charge on any atom is -0.361 e. The molecule has 1 saturated heterocycles. The molecule has 0 aliphatic carbocycles. The molecule has 3 nitrogen and oxygen atoms in total. The lowest BCUT2D eigenvalue weighted by Crippen LogP contribution is -2.27. The highest BCUT2D eigenvalue weighted by Crippen LogP contribution is 2.28. The van der Waals surface area contributed by atoms with Gasteiger partial charge in [-0.2, -0.15) is 0 Å². The molecule has 1 aliphatic rings. The summed E-state index contributed by atoms with van der Waals surface area (Å²) in [6.07, 6.45) is 3.61. The molecule has 0 bridgehead atoms. The molecule has 3 aromatic rings. The summed E-state index contributed by atoms with van der Waals surface area (Å²) in [6, 6.07) is 18.7. The highest BCUT2D eigenvalue weighted by Gasteiger charge is 2.30. The van der Waals surface area contributed by atoms with Gasteiger partial charge >= 0.3 is 0 Å². The predicted octanol–water partition coefficient (Wildman–Crippen LogP) is 3.73. The number of hydrogen-bond donors (Lipinski definition) is 1. The predicted molar refractivity (Wildman–Crippen MR) is 92.4 cm³/mol. The van der Waals surface area contributed by atoms with E-state index in [9.17, 15) is 4.79 Å². The van der Waals surface area contributed by atoms with Gasteiger partial charge in [0, 0.05) is 42.5 Å². The first-order valence-electron chi connectivity index (χ1n) is 8.19. The van der Waals surface area contributed by atoms with Crippen molar-refractivity contribution in [2.75, 3.05) is 13.1 Å². The van der Waals surface area contributed by atoms with E-state index < -0.39 is 0 Å². The van der Waals surface area contributed by atoms with Crippen LogP contribution in [-0.4, -0.2) is 28.9 Å². The van der Waals surface area contributed by atoms with Crippen molar-refractivity contribution in [3.8, 4) is 0 Å². The summed E-state index contributed by atoms with van der Waals surface area (Å²) < 4.78 is 0. The summed E-state index contributed by atoms with van der Waals surface area (Å²) >= 11 is 0. The van der Waals surface area contributed by atoms with E-state index in [0.717, 1.165) is 25.0 Å². The molecule has 1 aliphatic heterocycles. The number of nitrogens with zero attached hydrogens (tertiary/aromatic N) is 1. The molecule has 3 heteroatoms. The number of rotatable bonds is 4. The van der Waals surface area contributed by atoms with Gasteiger partial charge in [0.15, 0.2) is 0 Å². The Bertz CT molecular complexity index is 822. The first kappa shape index (κ1) is 14.1. The first-order chi connectivity index (χ1) is 11.3. The van der Waals surface area contributed by atoms with Gasteiger partial charge in [0.2, 0.25) is 5.91 Å². The number of amides is 1. The number of H-pyrrole nitrogens is 1. The molecule has 116 valence electrons. The van der Waals surface area contributed by atoms with E-state index in [-0.39, 0.29) is 5.91 Å². The van der Waals surface area contributed by atoms with E-state index in [1.165, 1.54) is 16.5 Å². The Morgan fingerprint density at radius 2 is 1.83 bits per heavy atom. The van der Waals surface area contributed by atoms with Crippen LogP contribution < -0.4 is 0 Å². The van der Waals surface area contributed by atoms with Gasteiger partial charge in [-0.05, 0) is 23.6 Å². The van der Waals surface area contributed by atoms with Crippen LogP contribution in [0.5, 0.6) is 0 Å². The number of likely N-dealkylation sites (tertiary alicyclic amines) is 1. The van der Waals surface area contributed by atoms with Crippen LogP contribution >= 0.6 is 0 Å². The fraction of sp³-hybridized carbons (Fsp3) is 0.250. The van der Waals surface area contributed by atoms with E-state index in [0.29, 0.717) is 12.3 Å². The quantitative estimate of drug-likeness (QED) is 0.783. The van der Waals surface area contributed by atoms with Crippen LogP contribution in [0.15, 0.2) is 60.8 Å². The van der Waals surface area contributed by atoms with Crippen molar-refractivity contribution in [1.29, 1.82) is 0 Å². The second kappa shape index (κ2) is 5.92. The lowest BCUT2D eigenvalue weighted by molar-refractivity contribution is -0.127. The Hall–Kier alpha value is -2.55. The Labute approximate surface area is 135 Å². The van der Waals surface area contributed by atoms with Crippen LogP contribution in [-0.2, 0) is 11.2 Å². The first-order valence-corrected chi connectivity index (χ1v) is 8.19. The number of carbonyl (C=O) groups excluding carboxylic acids is 1. The van der Waals surface area contributed by atoms with Crippen molar-refractivity contribution in [3.05, 3.63) is 71.9 Å². The van der Waals surface area contributed by atoms with Crippen LogP contribution in [0.25, 0.3) is 10.9 Å². The second-order valence-corrected chi connectivity index (χ2v) is 6.26. The summed E-state index contributed by atoms with van der Waals surface area (Å²) in [5, 5.41) is 1.26. The molecule has 0 radical (unpaired) electrons. The third-order valence-corrected chi connectivity index (χ3v) is 4.81. The van der Waals surface area contributed by atoms with Gasteiger partial charge in [-0.15, -0.1) is 0 Å². The molecule has 1 amide bonds. The molecular weight excluding hydrogens is 284 g/mol. The molecule has 2 aromatic carbocycles. The maximum atomic E-state index is 12.3. The van der Waals surface area contributed by atoms with Crippen LogP contribution in [0.3, 0.4) is 0 Å². The van der Waals surface area contributed by atoms with Crippen LogP contribution in [0.4, 0.5) is 0 Å². The lowest BCUT2D eigenvalue weighted by atomic mass is 9.99. The minimum absolute atomic E-state index is 0.277. The Kier molecular flexibility index (Phi) is 3.62. The van der Waals surface area contributed by atoms with Gasteiger partial charge in [-0.3, -0.25) is 4.79 Å². The molecule has 2 heterocycles. The topological polar surface area (TPSA) is 36.1 Å². The third-order valence-electron chi connectivity index (χ3n) is 4.81. The summed E-state index contributed by atoms with van der Waals surface area (Å²) in [7, 11) is 0. The molecule has 1 N–H and O–H groups in total. The molecule has 0 saturated carbocycles. The minimum atomic E-state index is 0.277. The zero-order valence-corrected chi connectivity index (χ0v) is 13.0. The number of hydrogen-bond acceptors (Lipinski definition) is 1. The Morgan fingerprint density at radius 1 is 1.04 bits per heavy atom. The number of nitrogens with one attached hydrogen (secondary N) is 1.